The van der Waals surface area contributed by atoms with E-state index in [0.717, 1.165) is 62.1 Å². The highest BCUT2D eigenvalue weighted by Gasteiger charge is 2.34. The van der Waals surface area contributed by atoms with Crippen molar-refractivity contribution in [3.05, 3.63) is 62.7 Å². The molecule has 0 saturated carbocycles. The van der Waals surface area contributed by atoms with Gasteiger partial charge in [0, 0.05) is 13.1 Å². The van der Waals surface area contributed by atoms with Gasteiger partial charge in [0.25, 0.3) is 25.7 Å². The summed E-state index contributed by atoms with van der Waals surface area (Å²) >= 11 is 5.71. The number of sulfonamides is 2. The van der Waals surface area contributed by atoms with Crippen LogP contribution < -0.4 is 0 Å². The summed E-state index contributed by atoms with van der Waals surface area (Å²) < 4.78 is 51.7. The molecule has 0 spiro atoms. The fourth-order valence-corrected chi connectivity index (χ4v) is 6.45. The van der Waals surface area contributed by atoms with Gasteiger partial charge in [0.15, 0.2) is 0 Å². The number of benzene rings is 2. The Morgan fingerprint density at radius 3 is 2.07 bits per heavy atom. The van der Waals surface area contributed by atoms with E-state index in [4.69, 9.17) is 11.6 Å². The molecule has 0 saturated heterocycles. The van der Waals surface area contributed by atoms with Gasteiger partial charge in [-0.1, -0.05) is 21.4 Å². The number of nitrogens with zero attached hydrogens (tertiary/aromatic N) is 2. The zero-order chi connectivity index (χ0) is 20.7. The number of halogens is 1. The number of fused-ring (bicyclic) bond motifs is 1. The largest absolute Gasteiger partial charge is 0.289 e. The Morgan fingerprint density at radius 2 is 1.46 bits per heavy atom. The summed E-state index contributed by atoms with van der Waals surface area (Å²) in [6, 6.07) is 7.41. The second kappa shape index (κ2) is 7.43. The van der Waals surface area contributed by atoms with Crippen LogP contribution in [0.15, 0.2) is 46.2 Å². The molecule has 0 fully saturated rings. The fraction of sp³-hybridized carbons (Fsp3) is 0.294. The maximum Gasteiger partial charge on any atom is 0.289 e. The number of rotatable bonds is 5. The van der Waals surface area contributed by atoms with E-state index in [2.05, 4.69) is 0 Å². The van der Waals surface area contributed by atoms with E-state index in [0.29, 0.717) is 0 Å². The Bertz CT molecular complexity index is 1160. The summed E-state index contributed by atoms with van der Waals surface area (Å²) in [5, 5.41) is 10.8. The summed E-state index contributed by atoms with van der Waals surface area (Å²) in [4.78, 5) is 9.52. The van der Waals surface area contributed by atoms with Crippen LogP contribution in [0.2, 0.25) is 5.02 Å². The van der Waals surface area contributed by atoms with E-state index in [-0.39, 0.29) is 13.6 Å². The van der Waals surface area contributed by atoms with Crippen LogP contribution in [-0.2, 0) is 32.9 Å². The van der Waals surface area contributed by atoms with Crippen molar-refractivity contribution in [1.82, 2.24) is 3.71 Å². The normalized spacial score (nSPS) is 14.7. The van der Waals surface area contributed by atoms with Gasteiger partial charge in [-0.05, 0) is 61.1 Å². The highest BCUT2D eigenvalue weighted by molar-refractivity contribution is 8.04. The van der Waals surface area contributed by atoms with Crippen LogP contribution in [0.3, 0.4) is 0 Å². The topological polar surface area (TPSA) is 115 Å². The predicted molar refractivity (Wildman–Crippen MR) is 103 cm³/mol. The minimum atomic E-state index is -4.56. The first kappa shape index (κ1) is 20.7. The van der Waals surface area contributed by atoms with Crippen molar-refractivity contribution in [2.24, 2.45) is 0 Å². The molecule has 0 atom stereocenters. The lowest BCUT2D eigenvalue weighted by molar-refractivity contribution is -0.384. The van der Waals surface area contributed by atoms with Crippen molar-refractivity contribution in [2.75, 3.05) is 7.05 Å². The van der Waals surface area contributed by atoms with Crippen molar-refractivity contribution >= 4 is 37.3 Å². The molecule has 0 radical (unpaired) electrons. The van der Waals surface area contributed by atoms with Gasteiger partial charge in [0.05, 0.1) is 14.7 Å². The van der Waals surface area contributed by atoms with Gasteiger partial charge in [0.2, 0.25) is 0 Å². The standard InChI is InChI=1S/C17H17ClN2O6S2/c1-19(28(25,26)15-8-9-16(18)17(11-15)20(21)22)27(23,24)14-7-6-12-4-2-3-5-13(12)10-14/h6-11H,2-5H2,1H3. The van der Waals surface area contributed by atoms with E-state index >= 15 is 0 Å². The van der Waals surface area contributed by atoms with Crippen molar-refractivity contribution in [2.45, 2.75) is 35.5 Å². The van der Waals surface area contributed by atoms with Crippen molar-refractivity contribution in [3.8, 4) is 0 Å². The molecule has 150 valence electrons. The highest BCUT2D eigenvalue weighted by Crippen LogP contribution is 2.31. The molecule has 3 rings (SSSR count). The summed E-state index contributed by atoms with van der Waals surface area (Å²) in [6.45, 7) is 0. The smallest absolute Gasteiger partial charge is 0.258 e. The molecule has 11 heteroatoms. The number of aryl methyl sites for hydroxylation is 2. The molecule has 1 aliphatic rings. The van der Waals surface area contributed by atoms with Crippen LogP contribution in [-0.4, -0.2) is 32.5 Å². The Balaban J connectivity index is 2.03. The first-order valence-electron chi connectivity index (χ1n) is 8.35. The van der Waals surface area contributed by atoms with E-state index in [1.54, 1.807) is 6.07 Å². The van der Waals surface area contributed by atoms with E-state index in [1.807, 2.05) is 0 Å². The molecular formula is C17H17ClN2O6S2. The molecule has 0 amide bonds. The molecule has 2 aromatic rings. The Labute approximate surface area is 168 Å². The summed E-state index contributed by atoms with van der Waals surface area (Å²) in [7, 11) is -8.03. The predicted octanol–water partition coefficient (Wildman–Crippen LogP) is 3.14. The third-order valence-electron chi connectivity index (χ3n) is 4.71. The van der Waals surface area contributed by atoms with Gasteiger partial charge in [-0.2, -0.15) is 0 Å². The minimum Gasteiger partial charge on any atom is -0.258 e. The summed E-state index contributed by atoms with van der Waals surface area (Å²) in [5.41, 5.74) is 1.33. The average molecular weight is 445 g/mol. The van der Waals surface area contributed by atoms with Gasteiger partial charge >= 0.3 is 0 Å². The van der Waals surface area contributed by atoms with Gasteiger partial charge < -0.3 is 0 Å². The monoisotopic (exact) mass is 444 g/mol. The Morgan fingerprint density at radius 1 is 0.929 bits per heavy atom. The molecule has 0 aromatic heterocycles. The van der Waals surface area contributed by atoms with Crippen LogP contribution in [0, 0.1) is 10.1 Å². The maximum atomic E-state index is 12.9. The van der Waals surface area contributed by atoms with Crippen LogP contribution in [0.4, 0.5) is 5.69 Å². The van der Waals surface area contributed by atoms with Gasteiger partial charge in [-0.15, -0.1) is 0 Å². The second-order valence-electron chi connectivity index (χ2n) is 6.40. The first-order valence-corrected chi connectivity index (χ1v) is 11.6. The average Bonchev–Trinajstić information content (AvgIpc) is 2.66. The van der Waals surface area contributed by atoms with E-state index in [9.17, 15) is 26.9 Å². The zero-order valence-corrected chi connectivity index (χ0v) is 17.2. The lowest BCUT2D eigenvalue weighted by Crippen LogP contribution is -2.33. The van der Waals surface area contributed by atoms with E-state index in [1.165, 1.54) is 12.1 Å². The van der Waals surface area contributed by atoms with Gasteiger partial charge in [0.1, 0.15) is 5.02 Å². The number of nitro benzene ring substituents is 1. The lowest BCUT2D eigenvalue weighted by atomic mass is 9.92. The van der Waals surface area contributed by atoms with E-state index < -0.39 is 35.6 Å². The second-order valence-corrected chi connectivity index (χ2v) is 11.0. The Kier molecular flexibility index (Phi) is 5.50. The SMILES string of the molecule is CN(S(=O)(=O)c1ccc2c(c1)CCCC2)S(=O)(=O)c1ccc(Cl)c([N+](=O)[O-])c1. The zero-order valence-electron chi connectivity index (χ0n) is 14.8. The third-order valence-corrected chi connectivity index (χ3v) is 9.26. The molecule has 8 nitrogen and oxygen atoms in total. The third kappa shape index (κ3) is 3.64. The molecule has 0 aliphatic heterocycles. The first-order chi connectivity index (χ1) is 13.0. The quantitative estimate of drug-likeness (QED) is 0.516. The Hall–Kier alpha value is -2.01. The van der Waals surface area contributed by atoms with Crippen LogP contribution in [0.5, 0.6) is 0 Å². The van der Waals surface area contributed by atoms with Gasteiger partial charge in [-0.3, -0.25) is 10.1 Å². The summed E-state index contributed by atoms with van der Waals surface area (Å²) in [5.74, 6) is 0. The maximum absolute atomic E-state index is 12.9. The highest BCUT2D eigenvalue weighted by atomic mass is 35.5. The number of hydrogen-bond acceptors (Lipinski definition) is 6. The van der Waals surface area contributed by atoms with Crippen molar-refractivity contribution < 1.29 is 21.8 Å². The molecule has 0 N–H and O–H groups in total. The fourth-order valence-electron chi connectivity index (χ4n) is 3.09. The molecule has 1 aliphatic carbocycles. The molecular weight excluding hydrogens is 428 g/mol. The molecule has 2 aromatic carbocycles. The molecule has 0 unspecified atom stereocenters. The lowest BCUT2D eigenvalue weighted by Gasteiger charge is -2.20. The van der Waals surface area contributed by atoms with Crippen molar-refractivity contribution in [1.29, 1.82) is 0 Å². The van der Waals surface area contributed by atoms with Gasteiger partial charge in [-0.25, -0.2) is 16.8 Å². The van der Waals surface area contributed by atoms with Crippen LogP contribution in [0.1, 0.15) is 24.0 Å². The summed E-state index contributed by atoms with van der Waals surface area (Å²) in [6.07, 6.45) is 3.57. The molecule has 0 bridgehead atoms. The number of nitro groups is 1. The minimum absolute atomic E-state index is 0.136. The number of hydrogen-bond donors (Lipinski definition) is 0. The van der Waals surface area contributed by atoms with Crippen LogP contribution in [0.25, 0.3) is 0 Å². The molecule has 28 heavy (non-hydrogen) atoms. The van der Waals surface area contributed by atoms with Crippen molar-refractivity contribution in [3.63, 3.8) is 0 Å². The van der Waals surface area contributed by atoms with Crippen LogP contribution >= 0.6 is 11.6 Å². The molecule has 0 heterocycles.